The maximum atomic E-state index is 12.2. The number of para-hydroxylation sites is 1. The highest BCUT2D eigenvalue weighted by molar-refractivity contribution is 5.87. The highest BCUT2D eigenvalue weighted by Gasteiger charge is 2.29. The minimum atomic E-state index is -0.478. The van der Waals surface area contributed by atoms with Crippen LogP contribution in [0.25, 0.3) is 17.0 Å². The lowest BCUT2D eigenvalue weighted by molar-refractivity contribution is -0.104. The Morgan fingerprint density at radius 2 is 1.93 bits per heavy atom. The minimum Gasteiger partial charge on any atom is -0.482 e. The number of carbonyl (C=O) groups is 1. The number of carbonyl (C=O) groups excluding carboxylic acids is 1. The lowest BCUT2D eigenvalue weighted by Crippen LogP contribution is -2.33. The summed E-state index contributed by atoms with van der Waals surface area (Å²) >= 11 is 0. The molecule has 0 radical (unpaired) electrons. The number of fused-ring (bicyclic) bond motifs is 3. The van der Waals surface area contributed by atoms with Gasteiger partial charge in [0.2, 0.25) is 0 Å². The standard InChI is InChI=1S/C24H26O4/c1-17(8-6-9-18(2)16-25)10-7-14-24(3)15-13-20-22(28-24)19-11-4-5-12-21(19)27-23(20)26/h4-5,9-13,15-16H,6-8,14H2,1-3H3/t24-/m1/s1. The zero-order valence-electron chi connectivity index (χ0n) is 16.7. The first kappa shape index (κ1) is 19.9. The van der Waals surface area contributed by atoms with Gasteiger partial charge in [-0.15, -0.1) is 0 Å². The number of aldehydes is 1. The zero-order valence-corrected chi connectivity index (χ0v) is 16.7. The highest BCUT2D eigenvalue weighted by atomic mass is 16.5. The summed E-state index contributed by atoms with van der Waals surface area (Å²) in [5, 5.41) is 0.816. The molecule has 0 N–H and O–H groups in total. The van der Waals surface area contributed by atoms with Crippen LogP contribution >= 0.6 is 0 Å². The fourth-order valence-electron chi connectivity index (χ4n) is 3.33. The van der Waals surface area contributed by atoms with Crippen molar-refractivity contribution in [3.8, 4) is 5.75 Å². The lowest BCUT2D eigenvalue weighted by Gasteiger charge is -2.31. The summed E-state index contributed by atoms with van der Waals surface area (Å²) in [5.41, 5.74) is 2.23. The average Bonchev–Trinajstić information content (AvgIpc) is 2.67. The van der Waals surface area contributed by atoms with Crippen molar-refractivity contribution in [1.82, 2.24) is 0 Å². The summed E-state index contributed by atoms with van der Waals surface area (Å²) in [6.07, 6.45) is 12.3. The second-order valence-corrected chi connectivity index (χ2v) is 7.57. The van der Waals surface area contributed by atoms with E-state index < -0.39 is 5.60 Å². The Labute approximate surface area is 165 Å². The first-order valence-corrected chi connectivity index (χ1v) is 9.63. The maximum absolute atomic E-state index is 12.2. The molecule has 1 aliphatic rings. The van der Waals surface area contributed by atoms with E-state index in [1.165, 1.54) is 5.57 Å². The second-order valence-electron chi connectivity index (χ2n) is 7.57. The summed E-state index contributed by atoms with van der Waals surface area (Å²) in [5.74, 6) is 0.604. The Hall–Kier alpha value is -2.88. The van der Waals surface area contributed by atoms with Crippen molar-refractivity contribution >= 4 is 23.3 Å². The number of allylic oxidation sites excluding steroid dienone is 4. The van der Waals surface area contributed by atoms with Crippen molar-refractivity contribution < 1.29 is 13.9 Å². The summed E-state index contributed by atoms with van der Waals surface area (Å²) in [6.45, 7) is 5.97. The predicted octanol–water partition coefficient (Wildman–Crippen LogP) is 5.61. The first-order chi connectivity index (χ1) is 13.4. The van der Waals surface area contributed by atoms with Gasteiger partial charge < -0.3 is 9.15 Å². The molecule has 0 bridgehead atoms. The van der Waals surface area contributed by atoms with Crippen LogP contribution in [0.2, 0.25) is 0 Å². The van der Waals surface area contributed by atoms with E-state index in [1.54, 1.807) is 6.07 Å². The largest absolute Gasteiger partial charge is 0.482 e. The lowest BCUT2D eigenvalue weighted by atomic mass is 9.94. The number of ether oxygens (including phenoxy) is 1. The third kappa shape index (κ3) is 4.50. The van der Waals surface area contributed by atoms with E-state index in [-0.39, 0.29) is 5.63 Å². The normalized spacial score (nSPS) is 19.4. The number of hydrogen-bond acceptors (Lipinski definition) is 4. The second kappa shape index (κ2) is 8.42. The molecule has 2 aromatic rings. The van der Waals surface area contributed by atoms with Gasteiger partial charge in [-0.05, 0) is 76.3 Å². The van der Waals surface area contributed by atoms with Gasteiger partial charge in [0, 0.05) is 0 Å². The topological polar surface area (TPSA) is 56.5 Å². The first-order valence-electron chi connectivity index (χ1n) is 9.63. The third-order valence-corrected chi connectivity index (χ3v) is 5.06. The number of benzene rings is 1. The molecule has 3 rings (SSSR count). The van der Waals surface area contributed by atoms with Gasteiger partial charge in [-0.2, -0.15) is 0 Å². The van der Waals surface area contributed by atoms with Crippen LogP contribution in [-0.2, 0) is 4.79 Å². The van der Waals surface area contributed by atoms with Crippen molar-refractivity contribution in [2.24, 2.45) is 0 Å². The molecule has 0 saturated heterocycles. The molecule has 4 heteroatoms. The summed E-state index contributed by atoms with van der Waals surface area (Å²) in [7, 11) is 0. The zero-order chi connectivity index (χ0) is 20.1. The van der Waals surface area contributed by atoms with E-state index in [9.17, 15) is 9.59 Å². The van der Waals surface area contributed by atoms with Crippen LogP contribution < -0.4 is 10.4 Å². The van der Waals surface area contributed by atoms with E-state index >= 15 is 0 Å². The molecule has 2 heterocycles. The fourth-order valence-corrected chi connectivity index (χ4v) is 3.33. The van der Waals surface area contributed by atoms with Gasteiger partial charge in [0.25, 0.3) is 0 Å². The fraction of sp³-hybridized carbons (Fsp3) is 0.333. The Bertz CT molecular complexity index is 1020. The van der Waals surface area contributed by atoms with E-state index in [2.05, 4.69) is 13.0 Å². The Balaban J connectivity index is 1.70. The van der Waals surface area contributed by atoms with E-state index in [0.29, 0.717) is 16.9 Å². The van der Waals surface area contributed by atoms with Crippen LogP contribution in [0.5, 0.6) is 5.75 Å². The minimum absolute atomic E-state index is 0.374. The molecule has 1 atom stereocenters. The molecule has 4 nitrogen and oxygen atoms in total. The third-order valence-electron chi connectivity index (χ3n) is 5.06. The van der Waals surface area contributed by atoms with Crippen molar-refractivity contribution in [2.75, 3.05) is 0 Å². The molecule has 146 valence electrons. The summed E-state index contributed by atoms with van der Waals surface area (Å²) in [4.78, 5) is 22.9. The molecule has 0 amide bonds. The Morgan fingerprint density at radius 1 is 1.14 bits per heavy atom. The van der Waals surface area contributed by atoms with Crippen LogP contribution in [0, 0.1) is 0 Å². The quantitative estimate of drug-likeness (QED) is 0.272. The molecule has 1 aromatic heterocycles. The molecular formula is C24H26O4. The van der Waals surface area contributed by atoms with Crippen molar-refractivity contribution in [3.05, 3.63) is 69.6 Å². The van der Waals surface area contributed by atoms with Crippen LogP contribution in [0.3, 0.4) is 0 Å². The van der Waals surface area contributed by atoms with Crippen molar-refractivity contribution in [1.29, 1.82) is 0 Å². The number of rotatable bonds is 7. The Kier molecular flexibility index (Phi) is 5.98. The van der Waals surface area contributed by atoms with Gasteiger partial charge in [0.1, 0.15) is 28.8 Å². The SMILES string of the molecule is CC(C=O)=CCCC(C)=CCC[C@]1(C)C=Cc2c(c3ccccc3oc2=O)O1. The smallest absolute Gasteiger partial charge is 0.347 e. The van der Waals surface area contributed by atoms with Crippen LogP contribution in [0.4, 0.5) is 0 Å². The monoisotopic (exact) mass is 378 g/mol. The molecule has 0 fully saturated rings. The average molecular weight is 378 g/mol. The van der Waals surface area contributed by atoms with E-state index in [4.69, 9.17) is 9.15 Å². The molecule has 28 heavy (non-hydrogen) atoms. The number of hydrogen-bond donors (Lipinski definition) is 0. The molecule has 0 spiro atoms. The predicted molar refractivity (Wildman–Crippen MR) is 113 cm³/mol. The molecule has 0 saturated carbocycles. The summed E-state index contributed by atoms with van der Waals surface area (Å²) in [6, 6.07) is 7.45. The molecular weight excluding hydrogens is 352 g/mol. The van der Waals surface area contributed by atoms with Crippen LogP contribution in [0.1, 0.15) is 52.0 Å². The van der Waals surface area contributed by atoms with Gasteiger partial charge in [0.15, 0.2) is 0 Å². The van der Waals surface area contributed by atoms with Crippen molar-refractivity contribution in [2.45, 2.75) is 52.1 Å². The van der Waals surface area contributed by atoms with Gasteiger partial charge in [-0.25, -0.2) is 4.79 Å². The van der Waals surface area contributed by atoms with Crippen LogP contribution in [0.15, 0.2) is 62.9 Å². The van der Waals surface area contributed by atoms with E-state index in [1.807, 2.05) is 50.3 Å². The molecule has 1 aromatic carbocycles. The maximum Gasteiger partial charge on any atom is 0.347 e. The van der Waals surface area contributed by atoms with Crippen molar-refractivity contribution in [3.63, 3.8) is 0 Å². The molecule has 0 unspecified atom stereocenters. The van der Waals surface area contributed by atoms with Gasteiger partial charge in [0.05, 0.1) is 5.39 Å². The van der Waals surface area contributed by atoms with Gasteiger partial charge in [-0.3, -0.25) is 4.79 Å². The molecule has 1 aliphatic heterocycles. The highest BCUT2D eigenvalue weighted by Crippen LogP contribution is 2.37. The van der Waals surface area contributed by atoms with Gasteiger partial charge in [-0.1, -0.05) is 29.9 Å². The van der Waals surface area contributed by atoms with E-state index in [0.717, 1.165) is 42.9 Å². The Morgan fingerprint density at radius 3 is 2.71 bits per heavy atom. The van der Waals surface area contributed by atoms with Crippen LogP contribution in [-0.4, -0.2) is 11.9 Å². The summed E-state index contributed by atoms with van der Waals surface area (Å²) < 4.78 is 11.7. The molecule has 0 aliphatic carbocycles. The van der Waals surface area contributed by atoms with Gasteiger partial charge >= 0.3 is 5.63 Å².